The van der Waals surface area contributed by atoms with Crippen LogP contribution >= 0.6 is 0 Å². The first-order chi connectivity index (χ1) is 31.1. The van der Waals surface area contributed by atoms with Crippen molar-refractivity contribution in [3.05, 3.63) is 48.6 Å². The van der Waals surface area contributed by atoms with Gasteiger partial charge in [-0.15, -0.1) is 0 Å². The van der Waals surface area contributed by atoms with Crippen LogP contribution in [0.15, 0.2) is 48.6 Å². The predicted octanol–water partition coefficient (Wildman–Crippen LogP) is 14.7. The van der Waals surface area contributed by atoms with Gasteiger partial charge in [-0.05, 0) is 51.4 Å². The summed E-state index contributed by atoms with van der Waals surface area (Å²) in [5.74, 6) is -2.00. The SMILES string of the molecule is CC/C=C\C/C=C\C/C=C\C/C=C\CCCCCCCCCCCCC(=O)OC(COC(=O)CCCCCCCCCCCCCCCCCC)COC(OCC[N+](C)(C)C)C(=O)O. The molecule has 9 heteroatoms. The highest BCUT2D eigenvalue weighted by Gasteiger charge is 2.25. The molecule has 0 heterocycles. The minimum atomic E-state index is -1.51. The van der Waals surface area contributed by atoms with Crippen molar-refractivity contribution in [2.24, 2.45) is 0 Å². The third-order valence-electron chi connectivity index (χ3n) is 11.3. The van der Waals surface area contributed by atoms with Gasteiger partial charge in [-0.25, -0.2) is 4.79 Å². The Morgan fingerprint density at radius 1 is 0.484 bits per heavy atom. The number of hydrogen-bond donors (Lipinski definition) is 1. The lowest BCUT2D eigenvalue weighted by molar-refractivity contribution is -0.870. The van der Waals surface area contributed by atoms with Crippen LogP contribution in [0.3, 0.4) is 0 Å². The third-order valence-corrected chi connectivity index (χ3v) is 11.3. The number of esters is 2. The van der Waals surface area contributed by atoms with Gasteiger partial charge in [0.25, 0.3) is 6.29 Å². The highest BCUT2D eigenvalue weighted by Crippen LogP contribution is 2.16. The molecule has 0 aromatic carbocycles. The van der Waals surface area contributed by atoms with Crippen LogP contribution in [-0.2, 0) is 33.3 Å². The maximum absolute atomic E-state index is 12.8. The Balaban J connectivity index is 4.30. The van der Waals surface area contributed by atoms with Crippen molar-refractivity contribution in [2.45, 2.75) is 238 Å². The van der Waals surface area contributed by atoms with E-state index in [2.05, 4.69) is 62.5 Å². The van der Waals surface area contributed by atoms with Gasteiger partial charge in [-0.3, -0.25) is 9.59 Å². The molecule has 0 aliphatic carbocycles. The standard InChI is InChI=1S/C55H99NO8/c1-6-8-10-12-14-16-18-20-22-24-25-26-27-28-29-30-32-34-36-38-40-42-44-46-53(58)64-51(50-63-55(54(59)60)61-48-47-56(3,4)5)49-62-52(57)45-43-41-39-37-35-33-31-23-21-19-17-15-13-11-9-7-2/h8,10,14,16,20,22,25-26,51,55H,6-7,9,11-13,15,17-19,21,23-24,27-50H2,1-5H3/p+1/b10-8-,16-14-,22-20-,26-25-. The van der Waals surface area contributed by atoms with Gasteiger partial charge >= 0.3 is 17.9 Å². The number of nitrogens with zero attached hydrogens (tertiary/aromatic N) is 1. The summed E-state index contributed by atoms with van der Waals surface area (Å²) >= 11 is 0. The minimum absolute atomic E-state index is 0.181. The quantitative estimate of drug-likeness (QED) is 0.0211. The normalized spacial score (nSPS) is 13.2. The molecule has 0 rings (SSSR count). The molecule has 0 bridgehead atoms. The summed E-state index contributed by atoms with van der Waals surface area (Å²) < 4.78 is 22.8. The molecule has 0 radical (unpaired) electrons. The van der Waals surface area contributed by atoms with E-state index in [4.69, 9.17) is 18.9 Å². The molecule has 64 heavy (non-hydrogen) atoms. The Hall–Kier alpha value is -2.75. The van der Waals surface area contributed by atoms with E-state index in [-0.39, 0.29) is 32.2 Å². The zero-order valence-corrected chi connectivity index (χ0v) is 42.2. The molecular formula is C55H100NO8+. The average molecular weight is 903 g/mol. The van der Waals surface area contributed by atoms with Gasteiger partial charge in [-0.2, -0.15) is 0 Å². The number of ether oxygens (including phenoxy) is 4. The number of carboxylic acid groups (broad SMARTS) is 1. The highest BCUT2D eigenvalue weighted by atomic mass is 16.7. The lowest BCUT2D eigenvalue weighted by atomic mass is 10.0. The first-order valence-corrected chi connectivity index (χ1v) is 26.3. The molecule has 0 aliphatic rings. The van der Waals surface area contributed by atoms with Crippen molar-refractivity contribution in [3.8, 4) is 0 Å². The number of carbonyl (C=O) groups excluding carboxylic acids is 2. The van der Waals surface area contributed by atoms with Crippen LogP contribution in [0.2, 0.25) is 0 Å². The van der Waals surface area contributed by atoms with Crippen molar-refractivity contribution in [1.29, 1.82) is 0 Å². The van der Waals surface area contributed by atoms with E-state index in [1.807, 2.05) is 21.1 Å². The summed E-state index contributed by atoms with van der Waals surface area (Å²) in [6.45, 7) is 4.78. The summed E-state index contributed by atoms with van der Waals surface area (Å²) in [7, 11) is 5.96. The smallest absolute Gasteiger partial charge is 0.361 e. The summed E-state index contributed by atoms with van der Waals surface area (Å²) in [4.78, 5) is 37.3. The lowest BCUT2D eigenvalue weighted by Crippen LogP contribution is -2.40. The van der Waals surface area contributed by atoms with E-state index in [9.17, 15) is 19.5 Å². The largest absolute Gasteiger partial charge is 0.477 e. The van der Waals surface area contributed by atoms with E-state index >= 15 is 0 Å². The Morgan fingerprint density at radius 2 is 0.891 bits per heavy atom. The number of carbonyl (C=O) groups is 3. The molecule has 0 amide bonds. The third kappa shape index (κ3) is 47.2. The van der Waals surface area contributed by atoms with Crippen molar-refractivity contribution in [2.75, 3.05) is 47.5 Å². The molecule has 2 unspecified atom stereocenters. The topological polar surface area (TPSA) is 108 Å². The molecule has 372 valence electrons. The fraction of sp³-hybridized carbons (Fsp3) is 0.800. The summed E-state index contributed by atoms with van der Waals surface area (Å²) in [6.07, 6.45) is 53.1. The minimum Gasteiger partial charge on any atom is -0.477 e. The average Bonchev–Trinajstić information content (AvgIpc) is 3.26. The van der Waals surface area contributed by atoms with Crippen molar-refractivity contribution >= 4 is 17.9 Å². The number of aliphatic carboxylic acids is 1. The van der Waals surface area contributed by atoms with Gasteiger partial charge in [0.05, 0.1) is 34.4 Å². The molecule has 0 aromatic heterocycles. The number of likely N-dealkylation sites (N-methyl/N-ethyl adjacent to an activating group) is 1. The van der Waals surface area contributed by atoms with Crippen molar-refractivity contribution in [1.82, 2.24) is 0 Å². The van der Waals surface area contributed by atoms with E-state index < -0.39 is 24.3 Å². The number of unbranched alkanes of at least 4 members (excludes halogenated alkanes) is 25. The lowest BCUT2D eigenvalue weighted by Gasteiger charge is -2.25. The van der Waals surface area contributed by atoms with Gasteiger partial charge in [0.15, 0.2) is 6.10 Å². The Bertz CT molecular complexity index is 1190. The number of quaternary nitrogens is 1. The van der Waals surface area contributed by atoms with Crippen LogP contribution in [-0.4, -0.2) is 87.4 Å². The molecule has 9 nitrogen and oxygen atoms in total. The van der Waals surface area contributed by atoms with Crippen LogP contribution in [0.1, 0.15) is 226 Å². The van der Waals surface area contributed by atoms with Crippen molar-refractivity contribution in [3.63, 3.8) is 0 Å². The molecule has 0 spiro atoms. The van der Waals surface area contributed by atoms with Crippen LogP contribution in [0.4, 0.5) is 0 Å². The van der Waals surface area contributed by atoms with Gasteiger partial charge < -0.3 is 28.5 Å². The molecule has 0 saturated heterocycles. The monoisotopic (exact) mass is 903 g/mol. The van der Waals surface area contributed by atoms with Crippen LogP contribution in [0.5, 0.6) is 0 Å². The van der Waals surface area contributed by atoms with E-state index in [1.165, 1.54) is 122 Å². The number of carboxylic acids is 1. The predicted molar refractivity (Wildman–Crippen MR) is 267 cm³/mol. The second-order valence-electron chi connectivity index (χ2n) is 18.8. The van der Waals surface area contributed by atoms with E-state index in [0.717, 1.165) is 70.6 Å². The molecule has 0 aliphatic heterocycles. The summed E-state index contributed by atoms with van der Waals surface area (Å²) in [6, 6.07) is 0. The molecule has 1 N–H and O–H groups in total. The van der Waals surface area contributed by atoms with Crippen LogP contribution in [0, 0.1) is 0 Å². The summed E-state index contributed by atoms with van der Waals surface area (Å²) in [5.41, 5.74) is 0. The number of hydrogen-bond acceptors (Lipinski definition) is 7. The first kappa shape index (κ1) is 61.2. The number of rotatable bonds is 48. The zero-order valence-electron chi connectivity index (χ0n) is 42.2. The fourth-order valence-corrected chi connectivity index (χ4v) is 7.30. The van der Waals surface area contributed by atoms with Gasteiger partial charge in [-0.1, -0.05) is 210 Å². The molecule has 0 aromatic rings. The Labute approximate surface area is 393 Å². The highest BCUT2D eigenvalue weighted by molar-refractivity contribution is 5.71. The van der Waals surface area contributed by atoms with Gasteiger partial charge in [0.2, 0.25) is 0 Å². The van der Waals surface area contributed by atoms with Crippen molar-refractivity contribution < 1.29 is 42.9 Å². The Kier molecular flexibility index (Phi) is 44.8. The Morgan fingerprint density at radius 3 is 1.33 bits per heavy atom. The van der Waals surface area contributed by atoms with Gasteiger partial charge in [0.1, 0.15) is 13.2 Å². The summed E-state index contributed by atoms with van der Waals surface area (Å²) in [5, 5.41) is 9.67. The van der Waals surface area contributed by atoms with Crippen LogP contribution < -0.4 is 0 Å². The first-order valence-electron chi connectivity index (χ1n) is 26.3. The second-order valence-corrected chi connectivity index (χ2v) is 18.8. The van der Waals surface area contributed by atoms with E-state index in [0.29, 0.717) is 23.9 Å². The van der Waals surface area contributed by atoms with Crippen LogP contribution in [0.25, 0.3) is 0 Å². The van der Waals surface area contributed by atoms with E-state index in [1.54, 1.807) is 0 Å². The number of allylic oxidation sites excluding steroid dienone is 8. The molecule has 2 atom stereocenters. The fourth-order valence-electron chi connectivity index (χ4n) is 7.30. The second kappa shape index (κ2) is 46.8. The maximum Gasteiger partial charge on any atom is 0.361 e. The zero-order chi connectivity index (χ0) is 47.0. The van der Waals surface area contributed by atoms with Gasteiger partial charge in [0, 0.05) is 12.8 Å². The maximum atomic E-state index is 12.8. The molecular weight excluding hydrogens is 803 g/mol. The molecule has 0 fully saturated rings. The molecule has 0 saturated carbocycles.